The molecule has 0 aliphatic rings. The van der Waals surface area contributed by atoms with Gasteiger partial charge in [0.2, 0.25) is 0 Å². The van der Waals surface area contributed by atoms with Gasteiger partial charge < -0.3 is 0 Å². The number of thiophene rings is 1. The average molecular weight is 289 g/mol. The lowest BCUT2D eigenvalue weighted by atomic mass is 10.1. The number of benzene rings is 1. The maximum absolute atomic E-state index is 12.8. The van der Waals surface area contributed by atoms with Gasteiger partial charge in [0.1, 0.15) is 0 Å². The Hall–Kier alpha value is -0.740. The van der Waals surface area contributed by atoms with E-state index in [0.717, 1.165) is 10.4 Å². The first-order valence-electron chi connectivity index (χ1n) is 4.28. The second kappa shape index (κ2) is 4.02. The third-order valence-corrected chi connectivity index (χ3v) is 3.39. The SMILES string of the molecule is FC(F)(Br)c1ccc(-c2cccs2)cc1. The number of alkyl halides is 3. The topological polar surface area (TPSA) is 0 Å². The summed E-state index contributed by atoms with van der Waals surface area (Å²) in [5.74, 6) is 0. The summed E-state index contributed by atoms with van der Waals surface area (Å²) < 4.78 is 25.7. The van der Waals surface area contributed by atoms with Gasteiger partial charge in [-0.15, -0.1) is 11.3 Å². The summed E-state index contributed by atoms with van der Waals surface area (Å²) in [5.41, 5.74) is 0.938. The second-order valence-electron chi connectivity index (χ2n) is 3.05. The predicted octanol–water partition coefficient (Wildman–Crippen LogP) is 4.86. The van der Waals surface area contributed by atoms with Gasteiger partial charge in [-0.2, -0.15) is 8.78 Å². The number of halogens is 3. The Labute approximate surface area is 98.7 Å². The van der Waals surface area contributed by atoms with E-state index >= 15 is 0 Å². The van der Waals surface area contributed by atoms with Gasteiger partial charge >= 0.3 is 4.83 Å². The van der Waals surface area contributed by atoms with E-state index < -0.39 is 4.83 Å². The molecule has 1 aromatic carbocycles. The van der Waals surface area contributed by atoms with Crippen LogP contribution in [0.15, 0.2) is 41.8 Å². The molecule has 1 heterocycles. The van der Waals surface area contributed by atoms with E-state index in [1.165, 1.54) is 12.1 Å². The van der Waals surface area contributed by atoms with Crippen LogP contribution in [0.4, 0.5) is 8.78 Å². The summed E-state index contributed by atoms with van der Waals surface area (Å²) >= 11 is 3.92. The third kappa shape index (κ3) is 2.44. The minimum atomic E-state index is -2.94. The Balaban J connectivity index is 2.33. The van der Waals surface area contributed by atoms with Gasteiger partial charge in [0.15, 0.2) is 0 Å². The van der Waals surface area contributed by atoms with Crippen molar-refractivity contribution >= 4 is 27.3 Å². The first-order chi connectivity index (χ1) is 7.07. The molecule has 0 aliphatic heterocycles. The summed E-state index contributed by atoms with van der Waals surface area (Å²) in [5, 5.41) is 1.96. The minimum Gasteiger partial charge on any atom is -0.188 e. The lowest BCUT2D eigenvalue weighted by molar-refractivity contribution is 0.114. The molecule has 4 heteroatoms. The molecule has 1 aromatic heterocycles. The van der Waals surface area contributed by atoms with Gasteiger partial charge in [-0.25, -0.2) is 0 Å². The third-order valence-electron chi connectivity index (χ3n) is 2.02. The van der Waals surface area contributed by atoms with Crippen molar-refractivity contribution in [3.05, 3.63) is 47.3 Å². The molecule has 0 saturated heterocycles. The van der Waals surface area contributed by atoms with E-state index in [2.05, 4.69) is 15.9 Å². The van der Waals surface area contributed by atoms with Gasteiger partial charge in [0.05, 0.1) is 0 Å². The molecule has 0 saturated carbocycles. The second-order valence-corrected chi connectivity index (χ2v) is 5.00. The maximum Gasteiger partial charge on any atom is 0.326 e. The van der Waals surface area contributed by atoms with Crippen molar-refractivity contribution in [2.45, 2.75) is 4.83 Å². The molecule has 0 N–H and O–H groups in total. The Kier molecular flexibility index (Phi) is 2.89. The molecule has 0 aliphatic carbocycles. The van der Waals surface area contributed by atoms with E-state index in [-0.39, 0.29) is 5.56 Å². The molecule has 0 unspecified atom stereocenters. The van der Waals surface area contributed by atoms with Gasteiger partial charge in [-0.1, -0.05) is 30.3 Å². The number of hydrogen-bond acceptors (Lipinski definition) is 1. The predicted molar refractivity (Wildman–Crippen MR) is 62.6 cm³/mol. The van der Waals surface area contributed by atoms with Crippen molar-refractivity contribution in [3.63, 3.8) is 0 Å². The average Bonchev–Trinajstić information content (AvgIpc) is 2.69. The van der Waals surface area contributed by atoms with Crippen LogP contribution in [0.3, 0.4) is 0 Å². The lowest BCUT2D eigenvalue weighted by Gasteiger charge is -2.08. The van der Waals surface area contributed by atoms with Crippen LogP contribution >= 0.6 is 27.3 Å². The summed E-state index contributed by atoms with van der Waals surface area (Å²) in [7, 11) is 0. The molecule has 0 radical (unpaired) electrons. The molecule has 2 rings (SSSR count). The highest BCUT2D eigenvalue weighted by Crippen LogP contribution is 2.35. The highest BCUT2D eigenvalue weighted by Gasteiger charge is 2.26. The molecule has 15 heavy (non-hydrogen) atoms. The van der Waals surface area contributed by atoms with Crippen molar-refractivity contribution in [2.24, 2.45) is 0 Å². The molecule has 0 nitrogen and oxygen atoms in total. The highest BCUT2D eigenvalue weighted by atomic mass is 79.9. The first-order valence-corrected chi connectivity index (χ1v) is 5.96. The normalized spacial score (nSPS) is 11.7. The van der Waals surface area contributed by atoms with Crippen LogP contribution in [-0.2, 0) is 4.83 Å². The molecule has 0 bridgehead atoms. The Morgan fingerprint density at radius 2 is 1.73 bits per heavy atom. The largest absolute Gasteiger partial charge is 0.326 e. The first kappa shape index (κ1) is 10.8. The molecule has 0 spiro atoms. The Morgan fingerprint density at radius 3 is 2.20 bits per heavy atom. The van der Waals surface area contributed by atoms with E-state index in [4.69, 9.17) is 0 Å². The zero-order chi connectivity index (χ0) is 10.9. The van der Waals surface area contributed by atoms with Crippen molar-refractivity contribution < 1.29 is 8.78 Å². The molecule has 78 valence electrons. The standard InChI is InChI=1S/C11H7BrF2S/c12-11(13,14)9-5-3-8(4-6-9)10-2-1-7-15-10/h1-7H. The fraction of sp³-hybridized carbons (Fsp3) is 0.0909. The summed E-state index contributed by atoms with van der Waals surface area (Å²) in [6.07, 6.45) is 0. The van der Waals surface area contributed by atoms with E-state index in [0.29, 0.717) is 0 Å². The Bertz CT molecular complexity index is 429. The van der Waals surface area contributed by atoms with Crippen molar-refractivity contribution in [3.8, 4) is 10.4 Å². The van der Waals surface area contributed by atoms with Crippen LogP contribution in [0.1, 0.15) is 5.56 Å². The molecule has 0 fully saturated rings. The van der Waals surface area contributed by atoms with Crippen LogP contribution in [0, 0.1) is 0 Å². The summed E-state index contributed by atoms with van der Waals surface area (Å²) in [6.45, 7) is 0. The van der Waals surface area contributed by atoms with Crippen LogP contribution in [0.5, 0.6) is 0 Å². The van der Waals surface area contributed by atoms with Crippen molar-refractivity contribution in [2.75, 3.05) is 0 Å². The van der Waals surface area contributed by atoms with E-state index in [9.17, 15) is 8.78 Å². The van der Waals surface area contributed by atoms with Gasteiger partial charge in [0.25, 0.3) is 0 Å². The zero-order valence-electron chi connectivity index (χ0n) is 7.58. The smallest absolute Gasteiger partial charge is 0.188 e. The van der Waals surface area contributed by atoms with Crippen LogP contribution in [0.2, 0.25) is 0 Å². The minimum absolute atomic E-state index is 0.0252. The van der Waals surface area contributed by atoms with E-state index in [1.807, 2.05) is 17.5 Å². The van der Waals surface area contributed by atoms with E-state index in [1.54, 1.807) is 23.5 Å². The fourth-order valence-corrected chi connectivity index (χ4v) is 2.26. The molecular formula is C11H7BrF2S. The molecule has 0 atom stereocenters. The number of rotatable bonds is 2. The monoisotopic (exact) mass is 288 g/mol. The summed E-state index contributed by atoms with van der Waals surface area (Å²) in [6, 6.07) is 10.2. The fourth-order valence-electron chi connectivity index (χ4n) is 1.27. The lowest BCUT2D eigenvalue weighted by Crippen LogP contribution is -2.01. The Morgan fingerprint density at radius 1 is 1.07 bits per heavy atom. The van der Waals surface area contributed by atoms with Crippen LogP contribution < -0.4 is 0 Å². The van der Waals surface area contributed by atoms with Crippen LogP contribution in [0.25, 0.3) is 10.4 Å². The maximum atomic E-state index is 12.8. The van der Waals surface area contributed by atoms with Crippen molar-refractivity contribution in [1.82, 2.24) is 0 Å². The number of hydrogen-bond donors (Lipinski definition) is 0. The quantitative estimate of drug-likeness (QED) is 0.693. The van der Waals surface area contributed by atoms with Crippen LogP contribution in [-0.4, -0.2) is 0 Å². The van der Waals surface area contributed by atoms with Gasteiger partial charge in [-0.05, 0) is 32.9 Å². The van der Waals surface area contributed by atoms with Gasteiger partial charge in [-0.3, -0.25) is 0 Å². The van der Waals surface area contributed by atoms with Gasteiger partial charge in [0, 0.05) is 10.4 Å². The zero-order valence-corrected chi connectivity index (χ0v) is 9.99. The van der Waals surface area contributed by atoms with Crippen molar-refractivity contribution in [1.29, 1.82) is 0 Å². The molecular weight excluding hydrogens is 282 g/mol. The summed E-state index contributed by atoms with van der Waals surface area (Å²) in [4.78, 5) is -1.86. The molecule has 2 aromatic rings. The molecule has 0 amide bonds. The highest BCUT2D eigenvalue weighted by molar-refractivity contribution is 9.09.